The van der Waals surface area contributed by atoms with Gasteiger partial charge >= 0.3 is 0 Å². The largest absolute Gasteiger partial charge is 0.493 e. The molecule has 0 bridgehead atoms. The summed E-state index contributed by atoms with van der Waals surface area (Å²) in [6.07, 6.45) is 4.05. The van der Waals surface area contributed by atoms with Gasteiger partial charge in [-0.2, -0.15) is 9.40 Å². The molecule has 0 aliphatic carbocycles. The van der Waals surface area contributed by atoms with Gasteiger partial charge in [0.2, 0.25) is 10.0 Å². The third-order valence-electron chi connectivity index (χ3n) is 4.87. The fraction of sp³-hybridized carbons (Fsp3) is 0.318. The Bertz CT molecular complexity index is 1090. The van der Waals surface area contributed by atoms with Crippen LogP contribution in [0.2, 0.25) is 0 Å². The Morgan fingerprint density at radius 3 is 2.30 bits per heavy atom. The van der Waals surface area contributed by atoms with Crippen LogP contribution >= 0.6 is 0 Å². The van der Waals surface area contributed by atoms with Crippen LogP contribution in [0.15, 0.2) is 59.8 Å². The number of nitrogens with zero attached hydrogens (tertiary/aromatic N) is 3. The van der Waals surface area contributed by atoms with Gasteiger partial charge in [-0.3, -0.25) is 4.68 Å². The summed E-state index contributed by atoms with van der Waals surface area (Å²) in [6, 6.07) is 12.5. The molecule has 3 aromatic rings. The second kappa shape index (κ2) is 9.32. The summed E-state index contributed by atoms with van der Waals surface area (Å²) < 4.78 is 40.5. The van der Waals surface area contributed by atoms with Gasteiger partial charge in [0.25, 0.3) is 0 Å². The zero-order chi connectivity index (χ0) is 21.7. The molecule has 0 saturated carbocycles. The zero-order valence-corrected chi connectivity index (χ0v) is 18.5. The molecule has 0 aliphatic rings. The van der Waals surface area contributed by atoms with Crippen molar-refractivity contribution >= 4 is 10.0 Å². The molecule has 7 nitrogen and oxygen atoms in total. The van der Waals surface area contributed by atoms with Gasteiger partial charge in [0.05, 0.1) is 25.3 Å². The average molecular weight is 430 g/mol. The van der Waals surface area contributed by atoms with E-state index in [4.69, 9.17) is 9.47 Å². The Morgan fingerprint density at radius 1 is 1.00 bits per heavy atom. The maximum atomic E-state index is 13.4. The van der Waals surface area contributed by atoms with E-state index in [1.54, 1.807) is 37.2 Å². The van der Waals surface area contributed by atoms with Gasteiger partial charge in [0.1, 0.15) is 0 Å². The van der Waals surface area contributed by atoms with E-state index in [0.29, 0.717) is 24.5 Å². The predicted octanol–water partition coefficient (Wildman–Crippen LogP) is 3.18. The van der Waals surface area contributed by atoms with Crippen molar-refractivity contribution in [2.45, 2.75) is 24.8 Å². The number of methoxy groups -OCH3 is 2. The maximum absolute atomic E-state index is 13.4. The molecule has 0 amide bonds. The Labute approximate surface area is 177 Å². The molecule has 0 atom stereocenters. The summed E-state index contributed by atoms with van der Waals surface area (Å²) in [6.45, 7) is 2.50. The van der Waals surface area contributed by atoms with E-state index >= 15 is 0 Å². The fourth-order valence-electron chi connectivity index (χ4n) is 3.19. The first-order valence-electron chi connectivity index (χ1n) is 9.58. The molecule has 30 heavy (non-hydrogen) atoms. The lowest BCUT2D eigenvalue weighted by atomic mass is 10.1. The van der Waals surface area contributed by atoms with Gasteiger partial charge in [-0.1, -0.05) is 23.8 Å². The number of hydrogen-bond donors (Lipinski definition) is 0. The Kier molecular flexibility index (Phi) is 6.79. The van der Waals surface area contributed by atoms with Crippen molar-refractivity contribution in [2.24, 2.45) is 7.05 Å². The number of aryl methyl sites for hydroxylation is 2. The topological polar surface area (TPSA) is 73.7 Å². The summed E-state index contributed by atoms with van der Waals surface area (Å²) in [5.41, 5.74) is 2.81. The summed E-state index contributed by atoms with van der Waals surface area (Å²) in [7, 11) is 1.31. The molecule has 2 aromatic carbocycles. The second-order valence-corrected chi connectivity index (χ2v) is 9.05. The van der Waals surface area contributed by atoms with Crippen molar-refractivity contribution in [3.63, 3.8) is 0 Å². The molecule has 0 spiro atoms. The lowest BCUT2D eigenvalue weighted by molar-refractivity contribution is 0.354. The second-order valence-electron chi connectivity index (χ2n) is 7.11. The van der Waals surface area contributed by atoms with E-state index in [1.165, 1.54) is 4.31 Å². The van der Waals surface area contributed by atoms with Gasteiger partial charge in [-0.05, 0) is 43.2 Å². The van der Waals surface area contributed by atoms with E-state index in [-0.39, 0.29) is 11.4 Å². The van der Waals surface area contributed by atoms with Crippen LogP contribution in [-0.2, 0) is 30.0 Å². The number of rotatable bonds is 9. The van der Waals surface area contributed by atoms with Crippen LogP contribution in [0.1, 0.15) is 16.7 Å². The molecule has 0 unspecified atom stereocenters. The van der Waals surface area contributed by atoms with Crippen molar-refractivity contribution < 1.29 is 17.9 Å². The van der Waals surface area contributed by atoms with Gasteiger partial charge in [0, 0.05) is 31.9 Å². The SMILES string of the molecule is COc1ccc(CCN(Cc2cnn(C)c2)S(=O)(=O)c2ccc(C)cc2)cc1OC. The quantitative estimate of drug-likeness (QED) is 0.522. The van der Waals surface area contributed by atoms with E-state index in [9.17, 15) is 8.42 Å². The first-order chi connectivity index (χ1) is 14.3. The molecular formula is C22H27N3O4S. The smallest absolute Gasteiger partial charge is 0.243 e. The molecule has 0 aliphatic heterocycles. The number of hydrogen-bond acceptors (Lipinski definition) is 5. The van der Waals surface area contributed by atoms with Gasteiger partial charge in [-0.15, -0.1) is 0 Å². The molecule has 8 heteroatoms. The molecule has 0 saturated heterocycles. The molecule has 160 valence electrons. The first-order valence-corrected chi connectivity index (χ1v) is 11.0. The number of benzene rings is 2. The van der Waals surface area contributed by atoms with Gasteiger partial charge in [-0.25, -0.2) is 8.42 Å². The zero-order valence-electron chi connectivity index (χ0n) is 17.7. The lowest BCUT2D eigenvalue weighted by Gasteiger charge is -2.22. The summed E-state index contributed by atoms with van der Waals surface area (Å²) in [4.78, 5) is 0.282. The lowest BCUT2D eigenvalue weighted by Crippen LogP contribution is -2.32. The van der Waals surface area contributed by atoms with Crippen molar-refractivity contribution in [1.29, 1.82) is 0 Å². The Hall–Kier alpha value is -2.84. The van der Waals surface area contributed by atoms with Gasteiger partial charge in [0.15, 0.2) is 11.5 Å². The highest BCUT2D eigenvalue weighted by Gasteiger charge is 2.25. The van der Waals surface area contributed by atoms with Crippen LogP contribution in [0, 0.1) is 6.92 Å². The van der Waals surface area contributed by atoms with Crippen LogP contribution < -0.4 is 9.47 Å². The third kappa shape index (κ3) is 5.01. The molecule has 0 radical (unpaired) electrons. The van der Waals surface area contributed by atoms with E-state index in [1.807, 2.05) is 50.5 Å². The highest BCUT2D eigenvalue weighted by Crippen LogP contribution is 2.28. The average Bonchev–Trinajstić information content (AvgIpc) is 3.15. The van der Waals surface area contributed by atoms with Crippen molar-refractivity contribution in [3.8, 4) is 11.5 Å². The Morgan fingerprint density at radius 2 is 1.70 bits per heavy atom. The standard InChI is InChI=1S/C22H27N3O4S/c1-17-5-8-20(9-6-17)30(26,27)25(16-19-14-23-24(2)15-19)12-11-18-7-10-21(28-3)22(13-18)29-4/h5-10,13-15H,11-12,16H2,1-4H3. The van der Waals surface area contributed by atoms with Crippen LogP contribution in [0.4, 0.5) is 0 Å². The summed E-state index contributed by atoms with van der Waals surface area (Å²) in [5, 5.41) is 4.16. The minimum absolute atomic E-state index is 0.247. The van der Waals surface area contributed by atoms with E-state index < -0.39 is 10.0 Å². The summed E-state index contributed by atoms with van der Waals surface area (Å²) >= 11 is 0. The fourth-order valence-corrected chi connectivity index (χ4v) is 4.62. The van der Waals surface area contributed by atoms with E-state index in [0.717, 1.165) is 16.7 Å². The minimum Gasteiger partial charge on any atom is -0.493 e. The van der Waals surface area contributed by atoms with Gasteiger partial charge < -0.3 is 9.47 Å². The number of aromatic nitrogens is 2. The number of ether oxygens (including phenoxy) is 2. The van der Waals surface area contributed by atoms with Crippen LogP contribution in [-0.4, -0.2) is 43.3 Å². The summed E-state index contributed by atoms with van der Waals surface area (Å²) in [5.74, 6) is 1.26. The highest BCUT2D eigenvalue weighted by molar-refractivity contribution is 7.89. The van der Waals surface area contributed by atoms with Crippen LogP contribution in [0.3, 0.4) is 0 Å². The van der Waals surface area contributed by atoms with Crippen LogP contribution in [0.25, 0.3) is 0 Å². The number of sulfonamides is 1. The highest BCUT2D eigenvalue weighted by atomic mass is 32.2. The molecule has 0 fully saturated rings. The predicted molar refractivity (Wildman–Crippen MR) is 115 cm³/mol. The molecule has 0 N–H and O–H groups in total. The van der Waals surface area contributed by atoms with Crippen molar-refractivity contribution in [1.82, 2.24) is 14.1 Å². The molecule has 3 rings (SSSR count). The van der Waals surface area contributed by atoms with E-state index in [2.05, 4.69) is 5.10 Å². The minimum atomic E-state index is -3.67. The van der Waals surface area contributed by atoms with Crippen molar-refractivity contribution in [3.05, 3.63) is 71.5 Å². The monoisotopic (exact) mass is 429 g/mol. The Balaban J connectivity index is 1.87. The molecule has 1 aromatic heterocycles. The third-order valence-corrected chi connectivity index (χ3v) is 6.73. The normalized spacial score (nSPS) is 11.6. The molecule has 1 heterocycles. The van der Waals surface area contributed by atoms with Crippen LogP contribution in [0.5, 0.6) is 11.5 Å². The molecular weight excluding hydrogens is 402 g/mol. The first kappa shape index (κ1) is 21.9. The maximum Gasteiger partial charge on any atom is 0.243 e. The van der Waals surface area contributed by atoms with Crippen molar-refractivity contribution in [2.75, 3.05) is 20.8 Å².